The molecule has 2 N–H and O–H groups in total. The first-order chi connectivity index (χ1) is 13.4. The van der Waals surface area contributed by atoms with Gasteiger partial charge in [-0.1, -0.05) is 25.4 Å². The molecule has 2 aromatic rings. The number of hydrogen-bond acceptors (Lipinski definition) is 4. The number of nitrogens with one attached hydrogen (secondary N) is 2. The highest BCUT2D eigenvalue weighted by atomic mass is 35.5. The van der Waals surface area contributed by atoms with E-state index in [1.807, 2.05) is 26.0 Å². The molecule has 0 atom stereocenters. The SMILES string of the molecule is CC(C)C(=O)Nc1ccc(C(=O)Nc2cc(Cl)ccc2N2CCOCC2)cc1. The minimum Gasteiger partial charge on any atom is -0.378 e. The molecule has 1 heterocycles. The molecule has 7 heteroatoms. The number of nitrogens with zero attached hydrogens (tertiary/aromatic N) is 1. The molecule has 1 aliphatic rings. The van der Waals surface area contributed by atoms with Crippen LogP contribution in [-0.2, 0) is 9.53 Å². The molecule has 3 rings (SSSR count). The number of halogens is 1. The molecule has 0 bridgehead atoms. The van der Waals surface area contributed by atoms with Crippen molar-refractivity contribution < 1.29 is 14.3 Å². The third-order valence-electron chi connectivity index (χ3n) is 4.50. The third kappa shape index (κ3) is 5.03. The van der Waals surface area contributed by atoms with Crippen LogP contribution in [0.2, 0.25) is 5.02 Å². The zero-order chi connectivity index (χ0) is 20.1. The van der Waals surface area contributed by atoms with Crippen molar-refractivity contribution in [2.45, 2.75) is 13.8 Å². The van der Waals surface area contributed by atoms with Gasteiger partial charge < -0.3 is 20.3 Å². The van der Waals surface area contributed by atoms with Gasteiger partial charge in [-0.05, 0) is 42.5 Å². The van der Waals surface area contributed by atoms with Crippen molar-refractivity contribution in [3.8, 4) is 0 Å². The molecule has 0 radical (unpaired) electrons. The first-order valence-corrected chi connectivity index (χ1v) is 9.66. The van der Waals surface area contributed by atoms with E-state index in [0.29, 0.717) is 35.2 Å². The molecule has 0 aromatic heterocycles. The van der Waals surface area contributed by atoms with Crippen molar-refractivity contribution in [1.82, 2.24) is 0 Å². The van der Waals surface area contributed by atoms with Gasteiger partial charge in [0.1, 0.15) is 0 Å². The summed E-state index contributed by atoms with van der Waals surface area (Å²) < 4.78 is 5.40. The standard InChI is InChI=1S/C21H24ClN3O3/c1-14(2)20(26)23-17-6-3-15(4-7-17)21(27)24-18-13-16(22)5-8-19(18)25-9-11-28-12-10-25/h3-8,13-14H,9-12H2,1-2H3,(H,23,26)(H,24,27). The largest absolute Gasteiger partial charge is 0.378 e. The summed E-state index contributed by atoms with van der Waals surface area (Å²) in [5, 5.41) is 6.32. The molecule has 6 nitrogen and oxygen atoms in total. The van der Waals surface area contributed by atoms with Gasteiger partial charge in [0.25, 0.3) is 5.91 Å². The number of rotatable bonds is 5. The summed E-state index contributed by atoms with van der Waals surface area (Å²) in [6.07, 6.45) is 0. The second-order valence-electron chi connectivity index (χ2n) is 6.94. The number of morpholine rings is 1. The Labute approximate surface area is 169 Å². The molecule has 148 valence electrons. The summed E-state index contributed by atoms with van der Waals surface area (Å²) in [6, 6.07) is 12.3. The van der Waals surface area contributed by atoms with Crippen LogP contribution in [0, 0.1) is 5.92 Å². The van der Waals surface area contributed by atoms with Gasteiger partial charge in [-0.25, -0.2) is 0 Å². The molecule has 2 aromatic carbocycles. The molecule has 2 amide bonds. The van der Waals surface area contributed by atoms with E-state index in [9.17, 15) is 9.59 Å². The van der Waals surface area contributed by atoms with Crippen molar-refractivity contribution in [3.05, 3.63) is 53.1 Å². The van der Waals surface area contributed by atoms with Gasteiger partial charge in [-0.3, -0.25) is 9.59 Å². The van der Waals surface area contributed by atoms with E-state index >= 15 is 0 Å². The van der Waals surface area contributed by atoms with Crippen LogP contribution in [0.4, 0.5) is 17.1 Å². The predicted molar refractivity (Wildman–Crippen MR) is 112 cm³/mol. The van der Waals surface area contributed by atoms with Crippen LogP contribution in [0.15, 0.2) is 42.5 Å². The van der Waals surface area contributed by atoms with E-state index in [2.05, 4.69) is 15.5 Å². The number of carbonyl (C=O) groups is 2. The molecule has 1 saturated heterocycles. The Hall–Kier alpha value is -2.57. The van der Waals surface area contributed by atoms with Crippen molar-refractivity contribution in [2.75, 3.05) is 41.8 Å². The Morgan fingerprint density at radius 1 is 1.04 bits per heavy atom. The topological polar surface area (TPSA) is 70.7 Å². The normalized spacial score (nSPS) is 14.1. The lowest BCUT2D eigenvalue weighted by atomic mass is 10.1. The number of anilines is 3. The average Bonchev–Trinajstić information content (AvgIpc) is 2.69. The van der Waals surface area contributed by atoms with Gasteiger partial charge in [0.2, 0.25) is 5.91 Å². The molecule has 1 aliphatic heterocycles. The highest BCUT2D eigenvalue weighted by molar-refractivity contribution is 6.31. The van der Waals surface area contributed by atoms with E-state index in [1.165, 1.54) is 0 Å². The van der Waals surface area contributed by atoms with Crippen LogP contribution in [0.5, 0.6) is 0 Å². The Balaban J connectivity index is 1.74. The zero-order valence-electron chi connectivity index (χ0n) is 16.0. The van der Waals surface area contributed by atoms with Gasteiger partial charge in [0.05, 0.1) is 24.6 Å². The molecule has 0 aliphatic carbocycles. The summed E-state index contributed by atoms with van der Waals surface area (Å²) in [6.45, 7) is 6.48. The average molecular weight is 402 g/mol. The molecule has 28 heavy (non-hydrogen) atoms. The maximum absolute atomic E-state index is 12.7. The quantitative estimate of drug-likeness (QED) is 0.793. The Kier molecular flexibility index (Phi) is 6.54. The van der Waals surface area contributed by atoms with Gasteiger partial charge in [-0.15, -0.1) is 0 Å². The van der Waals surface area contributed by atoms with Crippen LogP contribution in [0.3, 0.4) is 0 Å². The van der Waals surface area contributed by atoms with Crippen LogP contribution in [-0.4, -0.2) is 38.1 Å². The Bertz CT molecular complexity index is 846. The van der Waals surface area contributed by atoms with E-state index in [-0.39, 0.29) is 17.7 Å². The first kappa shape index (κ1) is 20.2. The molecule has 0 saturated carbocycles. The fraction of sp³-hybridized carbons (Fsp3) is 0.333. The molecule has 0 unspecified atom stereocenters. The van der Waals surface area contributed by atoms with E-state index in [0.717, 1.165) is 18.8 Å². The highest BCUT2D eigenvalue weighted by Gasteiger charge is 2.17. The van der Waals surface area contributed by atoms with Crippen LogP contribution in [0.1, 0.15) is 24.2 Å². The van der Waals surface area contributed by atoms with Crippen LogP contribution >= 0.6 is 11.6 Å². The van der Waals surface area contributed by atoms with E-state index in [4.69, 9.17) is 16.3 Å². The zero-order valence-corrected chi connectivity index (χ0v) is 16.8. The summed E-state index contributed by atoms with van der Waals surface area (Å²) >= 11 is 6.15. The maximum atomic E-state index is 12.7. The molecular formula is C21H24ClN3O3. The maximum Gasteiger partial charge on any atom is 0.255 e. The monoisotopic (exact) mass is 401 g/mol. The first-order valence-electron chi connectivity index (χ1n) is 9.28. The summed E-state index contributed by atoms with van der Waals surface area (Å²) in [4.78, 5) is 26.7. The van der Waals surface area contributed by atoms with E-state index < -0.39 is 0 Å². The second kappa shape index (κ2) is 9.08. The van der Waals surface area contributed by atoms with Crippen LogP contribution in [0.25, 0.3) is 0 Å². The lowest BCUT2D eigenvalue weighted by Gasteiger charge is -2.30. The number of benzene rings is 2. The predicted octanol–water partition coefficient (Wildman–Crippen LogP) is 4.02. The lowest BCUT2D eigenvalue weighted by molar-refractivity contribution is -0.118. The summed E-state index contributed by atoms with van der Waals surface area (Å²) in [5.41, 5.74) is 2.74. The van der Waals surface area contributed by atoms with Gasteiger partial charge in [-0.2, -0.15) is 0 Å². The van der Waals surface area contributed by atoms with Gasteiger partial charge in [0.15, 0.2) is 0 Å². The van der Waals surface area contributed by atoms with Gasteiger partial charge >= 0.3 is 0 Å². The third-order valence-corrected chi connectivity index (χ3v) is 4.73. The second-order valence-corrected chi connectivity index (χ2v) is 7.37. The number of amides is 2. The van der Waals surface area contributed by atoms with Crippen molar-refractivity contribution in [2.24, 2.45) is 5.92 Å². The summed E-state index contributed by atoms with van der Waals surface area (Å²) in [7, 11) is 0. The number of carbonyl (C=O) groups excluding carboxylic acids is 2. The fourth-order valence-electron chi connectivity index (χ4n) is 2.87. The minimum absolute atomic E-state index is 0.0636. The van der Waals surface area contributed by atoms with E-state index in [1.54, 1.807) is 30.3 Å². The summed E-state index contributed by atoms with van der Waals surface area (Å²) in [5.74, 6) is -0.408. The highest BCUT2D eigenvalue weighted by Crippen LogP contribution is 2.30. The van der Waals surface area contributed by atoms with Crippen molar-refractivity contribution in [1.29, 1.82) is 0 Å². The van der Waals surface area contributed by atoms with Crippen molar-refractivity contribution in [3.63, 3.8) is 0 Å². The number of ether oxygens (including phenoxy) is 1. The Morgan fingerprint density at radius 3 is 2.36 bits per heavy atom. The smallest absolute Gasteiger partial charge is 0.255 e. The molecule has 1 fully saturated rings. The minimum atomic E-state index is -0.237. The van der Waals surface area contributed by atoms with Gasteiger partial charge in [0, 0.05) is 35.3 Å². The molecule has 0 spiro atoms. The van der Waals surface area contributed by atoms with Crippen LogP contribution < -0.4 is 15.5 Å². The Morgan fingerprint density at radius 2 is 1.71 bits per heavy atom. The van der Waals surface area contributed by atoms with Crippen molar-refractivity contribution >= 4 is 40.5 Å². The fourth-order valence-corrected chi connectivity index (χ4v) is 3.05. The number of hydrogen-bond donors (Lipinski definition) is 2. The lowest BCUT2D eigenvalue weighted by Crippen LogP contribution is -2.36. The molecular weight excluding hydrogens is 378 g/mol.